The van der Waals surface area contributed by atoms with Crippen LogP contribution >= 0.6 is 0 Å². The molecule has 0 radical (unpaired) electrons. The predicted molar refractivity (Wildman–Crippen MR) is 138 cm³/mol. The number of aromatic nitrogens is 5. The van der Waals surface area contributed by atoms with Gasteiger partial charge in [-0.2, -0.15) is 0 Å². The van der Waals surface area contributed by atoms with Gasteiger partial charge in [-0.05, 0) is 64.0 Å². The normalized spacial score (nSPS) is 12.6. The smallest absolute Gasteiger partial charge is 0.252 e. The van der Waals surface area contributed by atoms with Gasteiger partial charge in [-0.3, -0.25) is 9.69 Å². The number of aromatic amines is 1. The number of nitrogens with one attached hydrogen (secondary N) is 1. The highest BCUT2D eigenvalue weighted by molar-refractivity contribution is 5.79. The van der Waals surface area contributed by atoms with E-state index in [-0.39, 0.29) is 17.5 Å². The molecule has 36 heavy (non-hydrogen) atoms. The average Bonchev–Trinajstić information content (AvgIpc) is 3.53. The first-order valence-electron chi connectivity index (χ1n) is 12.2. The lowest BCUT2D eigenvalue weighted by atomic mass is 10.00. The number of fused-ring (bicyclic) bond motifs is 1. The van der Waals surface area contributed by atoms with E-state index in [1.54, 1.807) is 6.26 Å². The fourth-order valence-electron chi connectivity index (χ4n) is 4.73. The number of hydrogen-bond acceptors (Lipinski definition) is 6. The van der Waals surface area contributed by atoms with E-state index in [0.717, 1.165) is 33.6 Å². The molecular weight excluding hydrogens is 452 g/mol. The maximum atomic E-state index is 13.1. The summed E-state index contributed by atoms with van der Waals surface area (Å²) >= 11 is 0. The summed E-state index contributed by atoms with van der Waals surface area (Å²) in [6, 6.07) is 21.9. The van der Waals surface area contributed by atoms with Gasteiger partial charge in [-0.15, -0.1) is 5.10 Å². The second-order valence-electron chi connectivity index (χ2n) is 9.57. The quantitative estimate of drug-likeness (QED) is 0.322. The molecule has 0 saturated carbocycles. The summed E-state index contributed by atoms with van der Waals surface area (Å²) < 4.78 is 7.55. The molecule has 5 aromatic rings. The second kappa shape index (κ2) is 10.3. The number of rotatable bonds is 9. The van der Waals surface area contributed by atoms with Gasteiger partial charge in [0, 0.05) is 17.6 Å². The van der Waals surface area contributed by atoms with Crippen molar-refractivity contribution in [2.45, 2.75) is 46.4 Å². The van der Waals surface area contributed by atoms with Crippen molar-refractivity contribution < 1.29 is 4.42 Å². The van der Waals surface area contributed by atoms with E-state index in [0.29, 0.717) is 25.2 Å². The topological polar surface area (TPSA) is 92.8 Å². The third-order valence-electron chi connectivity index (χ3n) is 6.42. The van der Waals surface area contributed by atoms with E-state index in [2.05, 4.69) is 57.5 Å². The average molecular weight is 483 g/mol. The molecule has 0 aliphatic heterocycles. The highest BCUT2D eigenvalue weighted by atomic mass is 16.3. The first-order chi connectivity index (χ1) is 17.5. The summed E-state index contributed by atoms with van der Waals surface area (Å²) in [5, 5.41) is 13.8. The van der Waals surface area contributed by atoms with Gasteiger partial charge in [-0.25, -0.2) is 4.68 Å². The zero-order valence-electron chi connectivity index (χ0n) is 20.8. The third-order valence-corrected chi connectivity index (χ3v) is 6.42. The van der Waals surface area contributed by atoms with Crippen LogP contribution in [0.1, 0.15) is 48.2 Å². The lowest BCUT2D eigenvalue weighted by Gasteiger charge is -2.33. The Hall–Kier alpha value is -4.04. The minimum atomic E-state index is -0.151. The van der Waals surface area contributed by atoms with Crippen LogP contribution < -0.4 is 5.56 Å². The fraction of sp³-hybridized carbons (Fsp3) is 0.286. The summed E-state index contributed by atoms with van der Waals surface area (Å²) in [6.07, 6.45) is 1.67. The largest absolute Gasteiger partial charge is 0.468 e. The van der Waals surface area contributed by atoms with Crippen molar-refractivity contribution in [1.29, 1.82) is 0 Å². The molecule has 3 heterocycles. The Bertz CT molecular complexity index is 1490. The Morgan fingerprint density at radius 3 is 2.61 bits per heavy atom. The zero-order valence-corrected chi connectivity index (χ0v) is 20.8. The van der Waals surface area contributed by atoms with Gasteiger partial charge in [0.1, 0.15) is 5.76 Å². The first-order valence-corrected chi connectivity index (χ1v) is 12.2. The highest BCUT2D eigenvalue weighted by Gasteiger charge is 2.30. The molecule has 0 fully saturated rings. The van der Waals surface area contributed by atoms with Crippen molar-refractivity contribution in [3.8, 4) is 0 Å². The first kappa shape index (κ1) is 23.7. The molecule has 0 aliphatic carbocycles. The Kier molecular flexibility index (Phi) is 6.77. The van der Waals surface area contributed by atoms with Gasteiger partial charge in [0.15, 0.2) is 5.82 Å². The number of tetrazole rings is 1. The summed E-state index contributed by atoms with van der Waals surface area (Å²) in [7, 11) is 0. The van der Waals surface area contributed by atoms with Crippen molar-refractivity contribution in [3.63, 3.8) is 0 Å². The maximum Gasteiger partial charge on any atom is 0.252 e. The van der Waals surface area contributed by atoms with Crippen LogP contribution in [0, 0.1) is 12.8 Å². The maximum absolute atomic E-state index is 13.1. The molecule has 0 bridgehead atoms. The molecule has 8 nitrogen and oxygen atoms in total. The number of aryl methyl sites for hydroxylation is 1. The van der Waals surface area contributed by atoms with E-state index in [9.17, 15) is 4.79 Å². The number of H-pyrrole nitrogens is 1. The molecule has 5 rings (SSSR count). The molecule has 2 aromatic carbocycles. The molecule has 0 amide bonds. The minimum absolute atomic E-state index is 0.0936. The molecule has 0 aliphatic rings. The van der Waals surface area contributed by atoms with Crippen LogP contribution in [0.4, 0.5) is 0 Å². The summed E-state index contributed by atoms with van der Waals surface area (Å²) in [5.41, 5.74) is 3.66. The molecule has 3 aromatic heterocycles. The zero-order chi connectivity index (χ0) is 25.1. The van der Waals surface area contributed by atoms with Crippen molar-refractivity contribution >= 4 is 10.9 Å². The van der Waals surface area contributed by atoms with Gasteiger partial charge in [0.05, 0.1) is 25.4 Å². The molecule has 1 unspecified atom stereocenters. The molecule has 1 atom stereocenters. The molecule has 0 saturated heterocycles. The van der Waals surface area contributed by atoms with Crippen molar-refractivity contribution in [1.82, 2.24) is 30.1 Å². The van der Waals surface area contributed by atoms with Crippen LogP contribution in [0.5, 0.6) is 0 Å². The number of pyridine rings is 1. The van der Waals surface area contributed by atoms with Crippen molar-refractivity contribution in [2.75, 3.05) is 0 Å². The summed E-state index contributed by atoms with van der Waals surface area (Å²) in [4.78, 5) is 18.4. The molecular formula is C28H30N6O2. The van der Waals surface area contributed by atoms with E-state index in [1.807, 2.05) is 60.1 Å². The van der Waals surface area contributed by atoms with Crippen LogP contribution in [-0.4, -0.2) is 30.1 Å². The lowest BCUT2D eigenvalue weighted by Crippen LogP contribution is -2.35. The Morgan fingerprint density at radius 1 is 1.03 bits per heavy atom. The van der Waals surface area contributed by atoms with Crippen LogP contribution in [0.3, 0.4) is 0 Å². The Labute approximate surface area is 209 Å². The van der Waals surface area contributed by atoms with E-state index >= 15 is 0 Å². The van der Waals surface area contributed by atoms with Gasteiger partial charge in [0.25, 0.3) is 5.56 Å². The predicted octanol–water partition coefficient (Wildman–Crippen LogP) is 4.86. The molecule has 0 spiro atoms. The fourth-order valence-corrected chi connectivity index (χ4v) is 4.73. The second-order valence-corrected chi connectivity index (χ2v) is 9.57. The van der Waals surface area contributed by atoms with Gasteiger partial charge < -0.3 is 9.40 Å². The minimum Gasteiger partial charge on any atom is -0.468 e. The monoisotopic (exact) mass is 482 g/mol. The number of furan rings is 1. The summed E-state index contributed by atoms with van der Waals surface area (Å²) in [5.74, 6) is 1.74. The Morgan fingerprint density at radius 2 is 1.86 bits per heavy atom. The highest BCUT2D eigenvalue weighted by Crippen LogP contribution is 2.30. The standard InChI is InChI=1S/C28H30N6O2/c1-19(2)26(27-30-31-32-34(27)16-21-8-5-4-6-9-21)33(18-24-10-7-13-36-24)17-23-15-22-12-11-20(3)14-25(22)29-28(23)35/h4-15,19,26H,16-18H2,1-3H3,(H,29,35). The van der Waals surface area contributed by atoms with Crippen LogP contribution in [0.15, 0.2) is 82.2 Å². The number of nitrogens with zero attached hydrogens (tertiary/aromatic N) is 5. The van der Waals surface area contributed by atoms with Crippen LogP contribution in [0.25, 0.3) is 10.9 Å². The van der Waals surface area contributed by atoms with Gasteiger partial charge >= 0.3 is 0 Å². The SMILES string of the molecule is Cc1ccc2cc(CN(Cc3ccco3)C(c3nnnn3Cc3ccccc3)C(C)C)c(=O)[nH]c2c1. The number of benzene rings is 2. The van der Waals surface area contributed by atoms with Crippen LogP contribution in [0.2, 0.25) is 0 Å². The third kappa shape index (κ3) is 5.13. The molecule has 8 heteroatoms. The lowest BCUT2D eigenvalue weighted by molar-refractivity contribution is 0.116. The van der Waals surface area contributed by atoms with Gasteiger partial charge in [-0.1, -0.05) is 56.3 Å². The van der Waals surface area contributed by atoms with Gasteiger partial charge in [0.2, 0.25) is 0 Å². The van der Waals surface area contributed by atoms with Crippen molar-refractivity contribution in [3.05, 3.63) is 112 Å². The van der Waals surface area contributed by atoms with Crippen LogP contribution in [-0.2, 0) is 19.6 Å². The molecule has 184 valence electrons. The van der Waals surface area contributed by atoms with E-state index in [4.69, 9.17) is 4.42 Å². The molecule has 1 N–H and O–H groups in total. The number of hydrogen-bond donors (Lipinski definition) is 1. The van der Waals surface area contributed by atoms with Crippen molar-refractivity contribution in [2.24, 2.45) is 5.92 Å². The summed E-state index contributed by atoms with van der Waals surface area (Å²) in [6.45, 7) is 7.81. The Balaban J connectivity index is 1.53. The van der Waals surface area contributed by atoms with E-state index in [1.165, 1.54) is 0 Å². The van der Waals surface area contributed by atoms with E-state index < -0.39 is 0 Å².